The van der Waals surface area contributed by atoms with E-state index in [0.29, 0.717) is 6.61 Å². The van der Waals surface area contributed by atoms with Crippen molar-refractivity contribution in [2.75, 3.05) is 6.61 Å². The molecule has 0 aliphatic carbocycles. The van der Waals surface area contributed by atoms with E-state index in [1.165, 1.54) is 5.56 Å². The van der Waals surface area contributed by atoms with Gasteiger partial charge in [0, 0.05) is 0 Å². The van der Waals surface area contributed by atoms with Crippen LogP contribution >= 0.6 is 0 Å². The van der Waals surface area contributed by atoms with Crippen LogP contribution in [0.1, 0.15) is 25.0 Å². The minimum atomic E-state index is -0.619. The molecule has 86 valence electrons. The second kappa shape index (κ2) is 4.37. The third-order valence-corrected chi connectivity index (χ3v) is 2.89. The monoisotopic (exact) mass is 218 g/mol. The molecule has 3 heteroatoms. The highest BCUT2D eigenvalue weighted by Gasteiger charge is 2.27. The van der Waals surface area contributed by atoms with E-state index in [-0.39, 0.29) is 0 Å². The maximum Gasteiger partial charge on any atom is 0.113 e. The Labute approximate surface area is 96.2 Å². The number of hydrogen-bond donors (Lipinski definition) is 2. The summed E-state index contributed by atoms with van der Waals surface area (Å²) in [5, 5.41) is 0. The fourth-order valence-corrected chi connectivity index (χ4v) is 1.92. The molecule has 0 aromatic heterocycles. The molecule has 1 atom stereocenters. The van der Waals surface area contributed by atoms with E-state index in [4.69, 9.17) is 10.6 Å². The number of hydrogen-bond acceptors (Lipinski definition) is 3. The van der Waals surface area contributed by atoms with E-state index >= 15 is 0 Å². The Kier molecular flexibility index (Phi) is 3.10. The summed E-state index contributed by atoms with van der Waals surface area (Å²) in [5.74, 6) is 0. The van der Waals surface area contributed by atoms with Crippen molar-refractivity contribution < 1.29 is 4.84 Å². The zero-order valence-corrected chi connectivity index (χ0v) is 9.79. The van der Waals surface area contributed by atoms with Gasteiger partial charge >= 0.3 is 0 Å². The fourth-order valence-electron chi connectivity index (χ4n) is 1.92. The summed E-state index contributed by atoms with van der Waals surface area (Å²) in [6.45, 7) is 4.61. The molecular weight excluding hydrogens is 200 g/mol. The van der Waals surface area contributed by atoms with E-state index in [0.717, 1.165) is 17.6 Å². The first kappa shape index (κ1) is 11.3. The lowest BCUT2D eigenvalue weighted by atomic mass is 9.93. The van der Waals surface area contributed by atoms with Crippen molar-refractivity contribution in [2.24, 2.45) is 5.73 Å². The second-order valence-electron chi connectivity index (χ2n) is 4.28. The van der Waals surface area contributed by atoms with Crippen LogP contribution in [0.25, 0.3) is 5.57 Å². The van der Waals surface area contributed by atoms with Crippen LogP contribution in [0.3, 0.4) is 0 Å². The largest absolute Gasteiger partial charge is 0.308 e. The molecule has 0 bridgehead atoms. The molecular formula is C13H18N2O. The van der Waals surface area contributed by atoms with Gasteiger partial charge in [0.25, 0.3) is 0 Å². The Morgan fingerprint density at radius 3 is 2.62 bits per heavy atom. The molecule has 0 spiro atoms. The van der Waals surface area contributed by atoms with Crippen LogP contribution in [-0.4, -0.2) is 12.3 Å². The third kappa shape index (κ3) is 2.16. The van der Waals surface area contributed by atoms with Crippen LogP contribution in [0, 0.1) is 0 Å². The Morgan fingerprint density at radius 2 is 2.06 bits per heavy atom. The molecule has 16 heavy (non-hydrogen) atoms. The molecule has 3 nitrogen and oxygen atoms in total. The molecule has 3 N–H and O–H groups in total. The van der Waals surface area contributed by atoms with Crippen LogP contribution in [0.2, 0.25) is 0 Å². The highest BCUT2D eigenvalue weighted by Crippen LogP contribution is 2.25. The molecule has 1 aliphatic rings. The normalized spacial score (nSPS) is 25.3. The van der Waals surface area contributed by atoms with Crippen LogP contribution in [-0.2, 0) is 11.3 Å². The molecule has 1 unspecified atom stereocenters. The third-order valence-electron chi connectivity index (χ3n) is 2.89. The Balaban J connectivity index is 2.32. The topological polar surface area (TPSA) is 47.3 Å². The van der Waals surface area contributed by atoms with E-state index in [2.05, 4.69) is 36.7 Å². The lowest BCUT2D eigenvalue weighted by Crippen LogP contribution is -2.53. The Bertz CT molecular complexity index is 393. The predicted molar refractivity (Wildman–Crippen MR) is 65.5 cm³/mol. The molecule has 0 amide bonds. The first-order valence-corrected chi connectivity index (χ1v) is 5.61. The number of aryl methyl sites for hydroxylation is 1. The van der Waals surface area contributed by atoms with Crippen molar-refractivity contribution >= 4 is 5.57 Å². The summed E-state index contributed by atoms with van der Waals surface area (Å²) in [6, 6.07) is 8.51. The van der Waals surface area contributed by atoms with E-state index < -0.39 is 5.66 Å². The number of nitrogens with two attached hydrogens (primary N) is 1. The lowest BCUT2D eigenvalue weighted by Gasteiger charge is -2.32. The minimum Gasteiger partial charge on any atom is -0.308 e. The van der Waals surface area contributed by atoms with Crippen molar-refractivity contribution in [3.63, 3.8) is 0 Å². The van der Waals surface area contributed by atoms with Gasteiger partial charge in [-0.25, -0.2) is 0 Å². The maximum absolute atomic E-state index is 6.12. The lowest BCUT2D eigenvalue weighted by molar-refractivity contribution is 0.0110. The number of benzene rings is 1. The molecule has 0 saturated heterocycles. The van der Waals surface area contributed by atoms with Gasteiger partial charge in [-0.05, 0) is 36.1 Å². The maximum atomic E-state index is 6.12. The number of rotatable bonds is 2. The Hall–Kier alpha value is -1.16. The van der Waals surface area contributed by atoms with Crippen molar-refractivity contribution in [3.8, 4) is 0 Å². The van der Waals surface area contributed by atoms with Crippen molar-refractivity contribution in [2.45, 2.75) is 25.9 Å². The van der Waals surface area contributed by atoms with Gasteiger partial charge in [0.15, 0.2) is 0 Å². The van der Waals surface area contributed by atoms with Gasteiger partial charge in [0.1, 0.15) is 5.66 Å². The zero-order chi connectivity index (χ0) is 11.6. The van der Waals surface area contributed by atoms with Gasteiger partial charge in [0.2, 0.25) is 0 Å². The molecule has 1 aromatic carbocycles. The van der Waals surface area contributed by atoms with Gasteiger partial charge in [-0.2, -0.15) is 5.48 Å². The first-order chi connectivity index (χ1) is 7.63. The van der Waals surface area contributed by atoms with Crippen LogP contribution in [0.4, 0.5) is 0 Å². The van der Waals surface area contributed by atoms with Gasteiger partial charge in [0.05, 0.1) is 6.61 Å². The first-order valence-electron chi connectivity index (χ1n) is 5.61. The summed E-state index contributed by atoms with van der Waals surface area (Å²) in [4.78, 5) is 5.13. The van der Waals surface area contributed by atoms with Gasteiger partial charge < -0.3 is 5.73 Å². The summed E-state index contributed by atoms with van der Waals surface area (Å²) in [6.07, 6.45) is 3.08. The summed E-state index contributed by atoms with van der Waals surface area (Å²) < 4.78 is 0. The average molecular weight is 218 g/mol. The minimum absolute atomic E-state index is 0.553. The molecule has 1 aliphatic heterocycles. The zero-order valence-electron chi connectivity index (χ0n) is 9.79. The second-order valence-corrected chi connectivity index (χ2v) is 4.28. The molecule has 2 rings (SSSR count). The molecule has 0 saturated carbocycles. The SMILES string of the molecule is CCc1ccc(C2=CCONC2(C)N)cc1. The van der Waals surface area contributed by atoms with Crippen molar-refractivity contribution in [1.82, 2.24) is 5.48 Å². The van der Waals surface area contributed by atoms with Crippen LogP contribution in [0.15, 0.2) is 30.3 Å². The predicted octanol–water partition coefficient (Wildman–Crippen LogP) is 1.84. The number of hydroxylamine groups is 1. The molecule has 0 radical (unpaired) electrons. The quantitative estimate of drug-likeness (QED) is 0.796. The van der Waals surface area contributed by atoms with Gasteiger partial charge in [-0.15, -0.1) is 0 Å². The smallest absolute Gasteiger partial charge is 0.113 e. The number of nitrogens with one attached hydrogen (secondary N) is 1. The summed E-state index contributed by atoms with van der Waals surface area (Å²) in [5.41, 5.74) is 11.9. The summed E-state index contributed by atoms with van der Waals surface area (Å²) in [7, 11) is 0. The summed E-state index contributed by atoms with van der Waals surface area (Å²) >= 11 is 0. The van der Waals surface area contributed by atoms with Crippen LogP contribution < -0.4 is 11.2 Å². The van der Waals surface area contributed by atoms with E-state index in [1.54, 1.807) is 0 Å². The van der Waals surface area contributed by atoms with Crippen molar-refractivity contribution in [3.05, 3.63) is 41.5 Å². The van der Waals surface area contributed by atoms with Crippen LogP contribution in [0.5, 0.6) is 0 Å². The highest BCUT2D eigenvalue weighted by atomic mass is 16.6. The van der Waals surface area contributed by atoms with Gasteiger partial charge in [-0.1, -0.05) is 31.2 Å². The standard InChI is InChI=1S/C13H18N2O/c1-3-10-4-6-11(7-5-10)12-8-9-16-15-13(12,2)14/h4-8,15H,3,9,14H2,1-2H3. The average Bonchev–Trinajstić information content (AvgIpc) is 2.29. The van der Waals surface area contributed by atoms with Crippen molar-refractivity contribution in [1.29, 1.82) is 0 Å². The van der Waals surface area contributed by atoms with E-state index in [9.17, 15) is 0 Å². The molecule has 1 heterocycles. The Morgan fingerprint density at radius 1 is 1.38 bits per heavy atom. The van der Waals surface area contributed by atoms with E-state index in [1.807, 2.05) is 13.0 Å². The van der Waals surface area contributed by atoms with Gasteiger partial charge in [-0.3, -0.25) is 4.84 Å². The fraction of sp³-hybridized carbons (Fsp3) is 0.385. The molecule has 1 aromatic rings. The molecule has 0 fully saturated rings. The highest BCUT2D eigenvalue weighted by molar-refractivity contribution is 5.72.